The second-order valence-corrected chi connectivity index (χ2v) is 14.9. The largest absolute Gasteiger partial charge is 0.277 e. The Hall–Kier alpha value is -6.88. The van der Waals surface area contributed by atoms with Gasteiger partial charge in [0, 0.05) is 47.5 Å². The van der Waals surface area contributed by atoms with Crippen LogP contribution in [0, 0.1) is 0 Å². The normalized spacial score (nSPS) is 11.4. The van der Waals surface area contributed by atoms with Gasteiger partial charge < -0.3 is 0 Å². The van der Waals surface area contributed by atoms with E-state index in [1.165, 1.54) is 42.4 Å². The molecular formula is C52H37N3S. The van der Waals surface area contributed by atoms with Crippen LogP contribution >= 0.6 is 11.3 Å². The number of fused-ring (bicyclic) bond motifs is 7. The van der Waals surface area contributed by atoms with E-state index in [9.17, 15) is 0 Å². The van der Waals surface area contributed by atoms with Crippen LogP contribution in [-0.4, -0.2) is 14.5 Å². The van der Waals surface area contributed by atoms with Gasteiger partial charge in [0.2, 0.25) is 5.95 Å². The Bertz CT molecular complexity index is 3210. The summed E-state index contributed by atoms with van der Waals surface area (Å²) in [6, 6.07) is 67.4. The first-order valence-electron chi connectivity index (χ1n) is 19.2. The molecule has 0 amide bonds. The third-order valence-electron chi connectivity index (χ3n) is 10.6. The zero-order chi connectivity index (χ0) is 37.6. The fourth-order valence-electron chi connectivity index (χ4n) is 8.07. The highest BCUT2D eigenvalue weighted by Gasteiger charge is 2.21. The van der Waals surface area contributed by atoms with Crippen LogP contribution in [0.25, 0.3) is 103 Å². The molecule has 0 radical (unpaired) electrons. The van der Waals surface area contributed by atoms with Crippen LogP contribution in [0.5, 0.6) is 0 Å². The van der Waals surface area contributed by atoms with Crippen molar-refractivity contribution in [3.8, 4) is 50.6 Å². The Kier molecular flexibility index (Phi) is 8.46. The monoisotopic (exact) mass is 735 g/mol. The minimum Gasteiger partial charge on any atom is -0.277 e. The topological polar surface area (TPSA) is 30.7 Å². The van der Waals surface area contributed by atoms with Gasteiger partial charge in [-0.1, -0.05) is 159 Å². The van der Waals surface area contributed by atoms with E-state index in [0.717, 1.165) is 55.1 Å². The molecule has 0 aliphatic carbocycles. The van der Waals surface area contributed by atoms with Crippen molar-refractivity contribution in [2.45, 2.75) is 13.8 Å². The van der Waals surface area contributed by atoms with Gasteiger partial charge in [-0.15, -0.1) is 11.3 Å². The van der Waals surface area contributed by atoms with Crippen LogP contribution in [0.3, 0.4) is 0 Å². The predicted octanol–water partition coefficient (Wildman–Crippen LogP) is 14.8. The molecule has 3 heterocycles. The number of hydrogen-bond acceptors (Lipinski definition) is 3. The molecule has 3 nitrogen and oxygen atoms in total. The van der Waals surface area contributed by atoms with E-state index in [2.05, 4.69) is 187 Å². The average molecular weight is 736 g/mol. The summed E-state index contributed by atoms with van der Waals surface area (Å²) in [4.78, 5) is 10.7. The smallest absolute Gasteiger partial charge is 0.235 e. The maximum Gasteiger partial charge on any atom is 0.235 e. The third kappa shape index (κ3) is 5.66. The fourth-order valence-corrected chi connectivity index (χ4v) is 9.16. The zero-order valence-electron chi connectivity index (χ0n) is 31.1. The molecule has 4 heteroatoms. The summed E-state index contributed by atoms with van der Waals surface area (Å²) in [5.74, 6) is 0.651. The zero-order valence-corrected chi connectivity index (χ0v) is 32.0. The maximum atomic E-state index is 5.40. The number of benzene rings is 8. The van der Waals surface area contributed by atoms with Gasteiger partial charge in [-0.2, -0.15) is 0 Å². The van der Waals surface area contributed by atoms with Crippen LogP contribution in [-0.2, 0) is 0 Å². The Morgan fingerprint density at radius 3 is 1.82 bits per heavy atom. The molecule has 8 aromatic carbocycles. The van der Waals surface area contributed by atoms with Crippen molar-refractivity contribution in [3.63, 3.8) is 0 Å². The van der Waals surface area contributed by atoms with E-state index < -0.39 is 0 Å². The minimum atomic E-state index is 0.651. The second-order valence-electron chi connectivity index (χ2n) is 13.8. The molecular weight excluding hydrogens is 699 g/mol. The molecule has 11 aromatic rings. The number of rotatable bonds is 5. The minimum absolute atomic E-state index is 0.651. The van der Waals surface area contributed by atoms with Gasteiger partial charge in [-0.25, -0.2) is 9.97 Å². The maximum absolute atomic E-state index is 5.40. The molecule has 0 N–H and O–H groups in total. The van der Waals surface area contributed by atoms with E-state index in [0.29, 0.717) is 5.95 Å². The van der Waals surface area contributed by atoms with Crippen LogP contribution in [0.4, 0.5) is 0 Å². The molecule has 0 aliphatic rings. The van der Waals surface area contributed by atoms with Gasteiger partial charge in [0.25, 0.3) is 0 Å². The summed E-state index contributed by atoms with van der Waals surface area (Å²) in [5, 5.41) is 5.97. The van der Waals surface area contributed by atoms with Gasteiger partial charge in [0.05, 0.1) is 22.2 Å². The van der Waals surface area contributed by atoms with E-state index in [1.54, 1.807) is 0 Å². The van der Waals surface area contributed by atoms with Gasteiger partial charge in [0.1, 0.15) is 0 Å². The van der Waals surface area contributed by atoms with E-state index in [1.807, 2.05) is 31.3 Å². The average Bonchev–Trinajstić information content (AvgIpc) is 3.82. The van der Waals surface area contributed by atoms with Gasteiger partial charge in [-0.3, -0.25) is 4.57 Å². The lowest BCUT2D eigenvalue weighted by Gasteiger charge is -2.14. The summed E-state index contributed by atoms with van der Waals surface area (Å²) < 4.78 is 4.91. The molecule has 0 fully saturated rings. The molecule has 56 heavy (non-hydrogen) atoms. The van der Waals surface area contributed by atoms with E-state index in [-0.39, 0.29) is 0 Å². The molecule has 266 valence electrons. The van der Waals surface area contributed by atoms with Crippen LogP contribution in [0.15, 0.2) is 188 Å². The summed E-state index contributed by atoms with van der Waals surface area (Å²) in [7, 11) is 0. The lowest BCUT2D eigenvalue weighted by atomic mass is 9.96. The number of hydrogen-bond donors (Lipinski definition) is 0. The standard InChI is InChI=1S/C50H31N3S.C2H6/c1-3-13-32(14-4-1)35-25-27-45-42(30-35)40-22-12-21-38(37-18-11-17-34(29-37)36-26-28-47-43(31-36)39-19-8-10-24-46(39)54-47)49(40)53(45)50-51-44-23-9-7-20-41(44)48(52-50)33-15-5-2-6-16-33;1-2/h1-31H;1-2H3. The van der Waals surface area contributed by atoms with Crippen molar-refractivity contribution in [1.82, 2.24) is 14.5 Å². The highest BCUT2D eigenvalue weighted by molar-refractivity contribution is 7.25. The predicted molar refractivity (Wildman–Crippen MR) is 240 cm³/mol. The molecule has 0 atom stereocenters. The molecule has 0 saturated heterocycles. The van der Waals surface area contributed by atoms with Crippen LogP contribution < -0.4 is 0 Å². The van der Waals surface area contributed by atoms with Crippen molar-refractivity contribution < 1.29 is 0 Å². The summed E-state index contributed by atoms with van der Waals surface area (Å²) in [6.45, 7) is 4.00. The Labute approximate surface area is 329 Å². The molecule has 11 rings (SSSR count). The number of aromatic nitrogens is 3. The first-order chi connectivity index (χ1) is 27.8. The SMILES string of the molecule is CC.c1ccc(-c2ccc3c(c2)c2cccc(-c4cccc(-c5ccc6sc7ccccc7c6c5)c4)c2n3-c2nc(-c3ccccc3)c3ccccc3n2)cc1. The molecule has 0 spiro atoms. The lowest BCUT2D eigenvalue weighted by molar-refractivity contribution is 1.01. The van der Waals surface area contributed by atoms with Crippen molar-refractivity contribution >= 4 is 64.2 Å². The number of para-hydroxylation sites is 2. The number of thiophene rings is 1. The van der Waals surface area contributed by atoms with Gasteiger partial charge in [-0.05, 0) is 70.3 Å². The third-order valence-corrected chi connectivity index (χ3v) is 11.8. The van der Waals surface area contributed by atoms with Crippen molar-refractivity contribution in [2.24, 2.45) is 0 Å². The van der Waals surface area contributed by atoms with Crippen molar-refractivity contribution in [2.75, 3.05) is 0 Å². The summed E-state index contributed by atoms with van der Waals surface area (Å²) in [5.41, 5.74) is 12.1. The number of nitrogens with zero attached hydrogens (tertiary/aromatic N) is 3. The van der Waals surface area contributed by atoms with Crippen LogP contribution in [0.1, 0.15) is 13.8 Å². The van der Waals surface area contributed by atoms with E-state index >= 15 is 0 Å². The van der Waals surface area contributed by atoms with Gasteiger partial charge in [0.15, 0.2) is 0 Å². The van der Waals surface area contributed by atoms with E-state index in [4.69, 9.17) is 9.97 Å². The Morgan fingerprint density at radius 2 is 0.982 bits per heavy atom. The first kappa shape index (κ1) is 33.7. The quantitative estimate of drug-likeness (QED) is 0.176. The highest BCUT2D eigenvalue weighted by Crippen LogP contribution is 2.42. The summed E-state index contributed by atoms with van der Waals surface area (Å²) >= 11 is 1.85. The van der Waals surface area contributed by atoms with Crippen molar-refractivity contribution in [3.05, 3.63) is 188 Å². The lowest BCUT2D eigenvalue weighted by Crippen LogP contribution is -2.04. The first-order valence-corrected chi connectivity index (χ1v) is 20.1. The molecule has 3 aromatic heterocycles. The molecule has 0 aliphatic heterocycles. The highest BCUT2D eigenvalue weighted by atomic mass is 32.1. The van der Waals surface area contributed by atoms with Crippen LogP contribution in [0.2, 0.25) is 0 Å². The molecule has 0 bridgehead atoms. The van der Waals surface area contributed by atoms with Crippen molar-refractivity contribution in [1.29, 1.82) is 0 Å². The fraction of sp³-hybridized carbons (Fsp3) is 0.0385. The molecule has 0 unspecified atom stereocenters. The summed E-state index contributed by atoms with van der Waals surface area (Å²) in [6.07, 6.45) is 0. The second kappa shape index (κ2) is 14.1. The Morgan fingerprint density at radius 1 is 0.393 bits per heavy atom. The Balaban J connectivity index is 0.00000189. The van der Waals surface area contributed by atoms with Gasteiger partial charge >= 0.3 is 0 Å². The molecule has 0 saturated carbocycles.